The molecule has 2 amide bonds. The molecule has 2 N–H and O–H groups in total. The first-order valence-corrected chi connectivity index (χ1v) is 13.7. The number of aliphatic hydroxyl groups excluding tert-OH is 1. The summed E-state index contributed by atoms with van der Waals surface area (Å²) in [5.41, 5.74) is 2.24. The number of nitrogens with zero attached hydrogens (tertiary/aromatic N) is 2. The summed E-state index contributed by atoms with van der Waals surface area (Å²) in [5.74, 6) is 2.30. The van der Waals surface area contributed by atoms with Gasteiger partial charge in [0.05, 0.1) is 6.54 Å². The van der Waals surface area contributed by atoms with Crippen molar-refractivity contribution in [3.05, 3.63) is 71.6 Å². The lowest BCUT2D eigenvalue weighted by Gasteiger charge is -2.25. The van der Waals surface area contributed by atoms with Crippen molar-refractivity contribution >= 4 is 12.3 Å². The number of carbonyl (C=O) groups excluding carboxylic acids is 2. The van der Waals surface area contributed by atoms with Crippen molar-refractivity contribution in [1.29, 1.82) is 0 Å². The number of likely N-dealkylation sites (N-methyl/N-ethyl adjacent to an activating group) is 2. The van der Waals surface area contributed by atoms with Gasteiger partial charge in [-0.2, -0.15) is 0 Å². The first-order chi connectivity index (χ1) is 18.7. The Balaban J connectivity index is 0.000000733. The highest BCUT2D eigenvalue weighted by Gasteiger charge is 2.17. The normalized spacial score (nSPS) is 11.4. The quantitative estimate of drug-likeness (QED) is 0.239. The number of aryl methyl sites for hydroxylation is 1. The average molecular weight is 544 g/mol. The molecule has 0 bridgehead atoms. The topological polar surface area (TPSA) is 91.3 Å². The molecule has 1 unspecified atom stereocenters. The average Bonchev–Trinajstić information content (AvgIpc) is 2.96. The molecule has 0 radical (unpaired) electrons. The first-order valence-electron chi connectivity index (χ1n) is 13.7. The molecular weight excluding hydrogens is 494 g/mol. The molecule has 2 rings (SSSR count). The minimum absolute atomic E-state index is 0.0176. The van der Waals surface area contributed by atoms with E-state index < -0.39 is 6.29 Å². The molecule has 39 heavy (non-hydrogen) atoms. The molecule has 0 aromatic heterocycles. The molecule has 0 aliphatic heterocycles. The van der Waals surface area contributed by atoms with Gasteiger partial charge in [0, 0.05) is 33.7 Å². The van der Waals surface area contributed by atoms with Crippen LogP contribution in [0.2, 0.25) is 0 Å². The lowest BCUT2D eigenvalue weighted by atomic mass is 10.1. The molecule has 2 aromatic carbocycles. The van der Waals surface area contributed by atoms with E-state index >= 15 is 0 Å². The second-order valence-electron chi connectivity index (χ2n) is 8.50. The van der Waals surface area contributed by atoms with Crippen LogP contribution in [0.1, 0.15) is 59.9 Å². The van der Waals surface area contributed by atoms with Gasteiger partial charge in [0.15, 0.2) is 6.29 Å². The lowest BCUT2D eigenvalue weighted by molar-refractivity contribution is -0.132. The maximum Gasteiger partial charge on any atom is 0.247 e. The third-order valence-corrected chi connectivity index (χ3v) is 5.43. The third-order valence-electron chi connectivity index (χ3n) is 5.43. The number of hydrogen-bond donors (Lipinski definition) is 2. The Morgan fingerprint density at radius 2 is 1.67 bits per heavy atom. The van der Waals surface area contributed by atoms with Crippen molar-refractivity contribution in [1.82, 2.24) is 15.1 Å². The van der Waals surface area contributed by atoms with Crippen LogP contribution in [0.4, 0.5) is 0 Å². The molecule has 0 heterocycles. The van der Waals surface area contributed by atoms with Crippen molar-refractivity contribution < 1.29 is 24.2 Å². The molecule has 8 nitrogen and oxygen atoms in total. The minimum Gasteiger partial charge on any atom is -0.457 e. The van der Waals surface area contributed by atoms with Gasteiger partial charge in [-0.1, -0.05) is 51.1 Å². The highest BCUT2D eigenvalue weighted by molar-refractivity contribution is 5.81. The summed E-state index contributed by atoms with van der Waals surface area (Å²) < 4.78 is 10.8. The van der Waals surface area contributed by atoms with Crippen LogP contribution in [-0.2, 0) is 20.7 Å². The number of allylic oxidation sites excluding steroid dienone is 1. The fourth-order valence-electron chi connectivity index (χ4n) is 3.39. The molecule has 0 spiro atoms. The lowest BCUT2D eigenvalue weighted by Crippen LogP contribution is -2.40. The monoisotopic (exact) mass is 543 g/mol. The molecule has 0 fully saturated rings. The van der Waals surface area contributed by atoms with Gasteiger partial charge < -0.3 is 29.7 Å². The second kappa shape index (κ2) is 21.6. The highest BCUT2D eigenvalue weighted by atomic mass is 16.6. The fourth-order valence-corrected chi connectivity index (χ4v) is 3.39. The Morgan fingerprint density at radius 1 is 1.03 bits per heavy atom. The zero-order valence-electron chi connectivity index (χ0n) is 25.1. The predicted molar refractivity (Wildman–Crippen MR) is 158 cm³/mol. The van der Waals surface area contributed by atoms with Gasteiger partial charge in [-0.05, 0) is 69.0 Å². The molecule has 0 saturated carbocycles. The number of benzene rings is 2. The minimum atomic E-state index is -0.801. The largest absolute Gasteiger partial charge is 0.457 e. The zero-order chi connectivity index (χ0) is 29.6. The van der Waals surface area contributed by atoms with E-state index in [9.17, 15) is 14.7 Å². The number of carbonyl (C=O) groups is 2. The van der Waals surface area contributed by atoms with Crippen molar-refractivity contribution in [2.45, 2.75) is 67.1 Å². The van der Waals surface area contributed by atoms with E-state index in [0.717, 1.165) is 23.5 Å². The Labute approximate surface area is 235 Å². The van der Waals surface area contributed by atoms with Crippen LogP contribution in [0, 0.1) is 0 Å². The Bertz CT molecular complexity index is 966. The van der Waals surface area contributed by atoms with E-state index in [2.05, 4.69) is 24.4 Å². The molecule has 8 heteroatoms. The van der Waals surface area contributed by atoms with E-state index in [0.29, 0.717) is 38.2 Å². The summed E-state index contributed by atoms with van der Waals surface area (Å²) in [4.78, 5) is 25.6. The van der Waals surface area contributed by atoms with E-state index in [1.54, 1.807) is 14.1 Å². The number of aliphatic hydroxyl groups is 1. The molecular formula is C31H49N3O5. The zero-order valence-corrected chi connectivity index (χ0v) is 25.1. The van der Waals surface area contributed by atoms with Crippen LogP contribution in [0.25, 0.3) is 0 Å². The summed E-state index contributed by atoms with van der Waals surface area (Å²) in [5, 5.41) is 12.8. The van der Waals surface area contributed by atoms with Gasteiger partial charge in [0.25, 0.3) is 0 Å². The van der Waals surface area contributed by atoms with Crippen LogP contribution in [0.3, 0.4) is 0 Å². The number of hydrogen-bond acceptors (Lipinski definition) is 6. The van der Waals surface area contributed by atoms with E-state index in [-0.39, 0.29) is 12.5 Å². The number of rotatable bonds is 14. The van der Waals surface area contributed by atoms with Gasteiger partial charge >= 0.3 is 0 Å². The smallest absolute Gasteiger partial charge is 0.247 e. The van der Waals surface area contributed by atoms with Crippen LogP contribution in [0.5, 0.6) is 11.5 Å². The van der Waals surface area contributed by atoms with Gasteiger partial charge in [0.2, 0.25) is 12.3 Å². The van der Waals surface area contributed by atoms with Gasteiger partial charge in [-0.3, -0.25) is 9.59 Å². The molecule has 2 aromatic rings. The summed E-state index contributed by atoms with van der Waals surface area (Å²) >= 11 is 0. The maximum absolute atomic E-state index is 12.2. The van der Waals surface area contributed by atoms with E-state index in [4.69, 9.17) is 9.47 Å². The van der Waals surface area contributed by atoms with Gasteiger partial charge in [-0.25, -0.2) is 0 Å². The van der Waals surface area contributed by atoms with Gasteiger partial charge in [-0.15, -0.1) is 0 Å². The predicted octanol–water partition coefficient (Wildman–Crippen LogP) is 5.58. The SMILES string of the molecule is CC.CCN/C(=C(/C)CCC(O)OCC)N(C)C(=O)CN(C)C=O.CCc1cccc(Oc2ccccc2)c1. The van der Waals surface area contributed by atoms with E-state index in [1.165, 1.54) is 15.4 Å². The van der Waals surface area contributed by atoms with E-state index in [1.807, 2.05) is 77.1 Å². The van der Waals surface area contributed by atoms with Crippen LogP contribution >= 0.6 is 0 Å². The highest BCUT2D eigenvalue weighted by Crippen LogP contribution is 2.21. The molecule has 0 aliphatic rings. The number of para-hydroxylation sites is 1. The van der Waals surface area contributed by atoms with Crippen molar-refractivity contribution in [2.75, 3.05) is 33.8 Å². The summed E-state index contributed by atoms with van der Waals surface area (Å²) in [6.45, 7) is 13.0. The third kappa shape index (κ3) is 15.0. The van der Waals surface area contributed by atoms with Crippen LogP contribution in [0.15, 0.2) is 66.0 Å². The molecule has 1 atom stereocenters. The van der Waals surface area contributed by atoms with Crippen molar-refractivity contribution in [3.8, 4) is 11.5 Å². The number of amides is 2. The summed E-state index contributed by atoms with van der Waals surface area (Å²) in [6, 6.07) is 18.0. The molecule has 218 valence electrons. The Morgan fingerprint density at radius 3 is 2.23 bits per heavy atom. The van der Waals surface area contributed by atoms with Crippen molar-refractivity contribution in [3.63, 3.8) is 0 Å². The maximum atomic E-state index is 12.2. The summed E-state index contributed by atoms with van der Waals surface area (Å²) in [7, 11) is 3.22. The first kappa shape index (κ1) is 35.6. The second-order valence-corrected chi connectivity index (χ2v) is 8.50. The Kier molecular flexibility index (Phi) is 19.7. The van der Waals surface area contributed by atoms with Crippen molar-refractivity contribution in [2.24, 2.45) is 0 Å². The molecule has 0 aliphatic carbocycles. The molecule has 0 saturated heterocycles. The number of ether oxygens (including phenoxy) is 2. The standard InChI is InChI=1S/C15H29N3O4.C14H14O.C2H6/c1-6-16-15(12(3)8-9-14(21)22-7-2)18(5)13(20)10-17(4)11-19;1-2-12-7-6-10-14(11-12)15-13-8-4-3-5-9-13;1-2/h11,14,16,21H,6-10H2,1-5H3;3-11H,2H2,1H3;1-2H3/b15-12+;;. The Hall–Kier alpha value is -3.36. The van der Waals surface area contributed by atoms with Crippen LogP contribution in [-0.4, -0.2) is 67.3 Å². The number of nitrogens with one attached hydrogen (secondary N) is 1. The summed E-state index contributed by atoms with van der Waals surface area (Å²) in [6.07, 6.45) is 1.92. The fraction of sp³-hybridized carbons (Fsp3) is 0.484. The van der Waals surface area contributed by atoms with Gasteiger partial charge in [0.1, 0.15) is 17.3 Å². The van der Waals surface area contributed by atoms with Crippen LogP contribution < -0.4 is 10.1 Å².